The van der Waals surface area contributed by atoms with Crippen LogP contribution in [0, 0.1) is 0 Å². The highest BCUT2D eigenvalue weighted by atomic mass is 16.5. The van der Waals surface area contributed by atoms with E-state index in [4.69, 9.17) is 15.5 Å². The molecule has 1 fully saturated rings. The molecule has 3 aromatic heterocycles. The second-order valence-corrected chi connectivity index (χ2v) is 9.28. The summed E-state index contributed by atoms with van der Waals surface area (Å²) in [5, 5.41) is 3.31. The van der Waals surface area contributed by atoms with Crippen molar-refractivity contribution in [2.45, 2.75) is 18.9 Å². The zero-order valence-corrected chi connectivity index (χ0v) is 20.7. The topological polar surface area (TPSA) is 97.4 Å². The lowest BCUT2D eigenvalue weighted by atomic mass is 10.1. The van der Waals surface area contributed by atoms with Gasteiger partial charge >= 0.3 is 0 Å². The fraction of sp³-hybridized carbons (Fsp3) is 0.346. The van der Waals surface area contributed by atoms with Crippen LogP contribution in [0.4, 0.5) is 23.0 Å². The number of nitrogens with two attached hydrogens (primary N) is 1. The molecular formula is C26H32N8O. The number of likely N-dealkylation sites (N-methyl/N-ethyl adjacent to an activating group) is 1. The monoisotopic (exact) mass is 472 g/mol. The first kappa shape index (κ1) is 22.9. The number of pyridine rings is 1. The molecule has 9 nitrogen and oxygen atoms in total. The number of hydrogen-bond acceptors (Lipinski definition) is 8. The van der Waals surface area contributed by atoms with E-state index in [0.29, 0.717) is 23.4 Å². The van der Waals surface area contributed by atoms with Crippen LogP contribution in [-0.4, -0.2) is 64.8 Å². The molecule has 0 radical (unpaired) electrons. The number of aryl methyl sites for hydroxylation is 1. The summed E-state index contributed by atoms with van der Waals surface area (Å²) in [7, 11) is 7.89. The third kappa shape index (κ3) is 4.46. The van der Waals surface area contributed by atoms with Gasteiger partial charge in [-0.2, -0.15) is 0 Å². The lowest BCUT2D eigenvalue weighted by Gasteiger charge is -2.30. The minimum Gasteiger partial charge on any atom is -0.494 e. The standard InChI is InChI=1S/C26H32N8O/c1-32(2)15-17-7-6-12-34(17)23-14-24(35-4)21(13-19(23)27)31-26-29-11-9-20(30-26)18-16-33(3)22-8-5-10-28-25(18)22/h5,8-11,13-14,16-17H,6-7,12,15,27H2,1-4H3,(H,29,30,31)/t17-/m0/s1. The van der Waals surface area contributed by atoms with Crippen molar-refractivity contribution in [2.75, 3.05) is 50.2 Å². The molecule has 35 heavy (non-hydrogen) atoms. The van der Waals surface area contributed by atoms with Gasteiger partial charge in [-0.3, -0.25) is 4.98 Å². The number of benzene rings is 1. The Morgan fingerprint density at radius 2 is 2.06 bits per heavy atom. The molecule has 0 bridgehead atoms. The van der Waals surface area contributed by atoms with Crippen molar-refractivity contribution in [2.24, 2.45) is 7.05 Å². The molecular weight excluding hydrogens is 440 g/mol. The number of anilines is 4. The summed E-state index contributed by atoms with van der Waals surface area (Å²) in [6.07, 6.45) is 7.89. The Hall–Kier alpha value is -3.85. The SMILES string of the molecule is COc1cc(N2CCC[C@H]2CN(C)C)c(N)cc1Nc1nccc(-c2cn(C)c3cccnc23)n1. The molecule has 182 valence electrons. The summed E-state index contributed by atoms with van der Waals surface area (Å²) in [5.74, 6) is 1.16. The minimum absolute atomic E-state index is 0.435. The molecule has 9 heteroatoms. The molecule has 0 unspecified atom stereocenters. The maximum Gasteiger partial charge on any atom is 0.227 e. The van der Waals surface area contributed by atoms with Gasteiger partial charge in [-0.1, -0.05) is 0 Å². The van der Waals surface area contributed by atoms with Gasteiger partial charge < -0.3 is 30.2 Å². The quantitative estimate of drug-likeness (QED) is 0.391. The van der Waals surface area contributed by atoms with Crippen LogP contribution in [0.25, 0.3) is 22.3 Å². The zero-order chi connectivity index (χ0) is 24.5. The number of aromatic nitrogens is 4. The molecule has 4 heterocycles. The van der Waals surface area contributed by atoms with Crippen molar-refractivity contribution in [3.8, 4) is 17.0 Å². The Labute approximate surface area is 205 Å². The fourth-order valence-electron chi connectivity index (χ4n) is 4.96. The molecule has 1 aliphatic heterocycles. The average Bonchev–Trinajstić information content (AvgIpc) is 3.43. The summed E-state index contributed by atoms with van der Waals surface area (Å²) in [6, 6.07) is 10.2. The van der Waals surface area contributed by atoms with Crippen molar-refractivity contribution in [3.63, 3.8) is 0 Å². The van der Waals surface area contributed by atoms with Crippen LogP contribution in [0.15, 0.2) is 48.9 Å². The summed E-state index contributed by atoms with van der Waals surface area (Å²) < 4.78 is 7.79. The highest BCUT2D eigenvalue weighted by molar-refractivity contribution is 5.92. The smallest absolute Gasteiger partial charge is 0.227 e. The van der Waals surface area contributed by atoms with E-state index in [-0.39, 0.29) is 0 Å². The van der Waals surface area contributed by atoms with Crippen molar-refractivity contribution < 1.29 is 4.74 Å². The van der Waals surface area contributed by atoms with Gasteiger partial charge in [0.05, 0.1) is 40.9 Å². The number of fused-ring (bicyclic) bond motifs is 1. The molecule has 5 rings (SSSR count). The Morgan fingerprint density at radius 1 is 1.20 bits per heavy atom. The van der Waals surface area contributed by atoms with Gasteiger partial charge in [0.25, 0.3) is 0 Å². The van der Waals surface area contributed by atoms with Gasteiger partial charge in [0, 0.05) is 56.4 Å². The second-order valence-electron chi connectivity index (χ2n) is 9.28. The van der Waals surface area contributed by atoms with E-state index in [1.54, 1.807) is 19.5 Å². The highest BCUT2D eigenvalue weighted by Gasteiger charge is 2.27. The van der Waals surface area contributed by atoms with E-state index in [2.05, 4.69) is 43.7 Å². The van der Waals surface area contributed by atoms with Crippen LogP contribution in [-0.2, 0) is 7.05 Å². The number of ether oxygens (including phenoxy) is 1. The molecule has 0 spiro atoms. The summed E-state index contributed by atoms with van der Waals surface area (Å²) in [5.41, 5.74) is 12.7. The Bertz CT molecular complexity index is 1350. The molecule has 1 saturated heterocycles. The zero-order valence-electron chi connectivity index (χ0n) is 20.7. The lowest BCUT2D eigenvalue weighted by Crippen LogP contribution is -2.37. The number of methoxy groups -OCH3 is 1. The van der Waals surface area contributed by atoms with Gasteiger partial charge in [0.15, 0.2) is 0 Å². The van der Waals surface area contributed by atoms with Gasteiger partial charge in [-0.15, -0.1) is 0 Å². The third-order valence-corrected chi connectivity index (χ3v) is 6.53. The van der Waals surface area contributed by atoms with Crippen molar-refractivity contribution in [1.29, 1.82) is 0 Å². The first-order valence-corrected chi connectivity index (χ1v) is 11.8. The fourth-order valence-corrected chi connectivity index (χ4v) is 4.96. The van der Waals surface area contributed by atoms with Crippen molar-refractivity contribution in [1.82, 2.24) is 24.4 Å². The number of hydrogen-bond donors (Lipinski definition) is 2. The first-order chi connectivity index (χ1) is 16.9. The van der Waals surface area contributed by atoms with Gasteiger partial charge in [0.1, 0.15) is 5.75 Å². The maximum atomic E-state index is 6.55. The highest BCUT2D eigenvalue weighted by Crippen LogP contribution is 2.39. The Morgan fingerprint density at radius 3 is 2.86 bits per heavy atom. The Kier molecular flexibility index (Phi) is 6.17. The van der Waals surface area contributed by atoms with E-state index >= 15 is 0 Å². The number of nitrogens with zero attached hydrogens (tertiary/aromatic N) is 6. The van der Waals surface area contributed by atoms with E-state index in [0.717, 1.165) is 59.6 Å². The molecule has 1 aromatic carbocycles. The lowest BCUT2D eigenvalue weighted by molar-refractivity contribution is 0.372. The van der Waals surface area contributed by atoms with Gasteiger partial charge in [0.2, 0.25) is 5.95 Å². The van der Waals surface area contributed by atoms with Crippen LogP contribution in [0.3, 0.4) is 0 Å². The van der Waals surface area contributed by atoms with Crippen LogP contribution >= 0.6 is 0 Å². The van der Waals surface area contributed by atoms with Crippen LogP contribution in [0.1, 0.15) is 12.8 Å². The normalized spacial score (nSPS) is 15.8. The molecule has 1 atom stereocenters. The first-order valence-electron chi connectivity index (χ1n) is 11.8. The van der Waals surface area contributed by atoms with E-state index in [1.807, 2.05) is 43.6 Å². The van der Waals surface area contributed by atoms with Crippen LogP contribution in [0.5, 0.6) is 5.75 Å². The summed E-state index contributed by atoms with van der Waals surface area (Å²) in [6.45, 7) is 1.98. The number of nitrogen functional groups attached to an aromatic ring is 1. The minimum atomic E-state index is 0.435. The van der Waals surface area contributed by atoms with E-state index < -0.39 is 0 Å². The number of nitrogens with one attached hydrogen (secondary N) is 1. The maximum absolute atomic E-state index is 6.55. The molecule has 1 aliphatic rings. The number of rotatable bonds is 7. The molecule has 4 aromatic rings. The summed E-state index contributed by atoms with van der Waals surface area (Å²) >= 11 is 0. The van der Waals surface area contributed by atoms with E-state index in [9.17, 15) is 0 Å². The van der Waals surface area contributed by atoms with Crippen LogP contribution in [0.2, 0.25) is 0 Å². The molecule has 3 N–H and O–H groups in total. The molecule has 0 amide bonds. The van der Waals surface area contributed by atoms with Crippen LogP contribution < -0.4 is 20.7 Å². The predicted octanol–water partition coefficient (Wildman–Crippen LogP) is 3.90. The van der Waals surface area contributed by atoms with E-state index in [1.165, 1.54) is 0 Å². The second kappa shape index (κ2) is 9.42. The van der Waals surface area contributed by atoms with Crippen molar-refractivity contribution in [3.05, 3.63) is 48.9 Å². The van der Waals surface area contributed by atoms with Gasteiger partial charge in [-0.25, -0.2) is 9.97 Å². The van der Waals surface area contributed by atoms with Gasteiger partial charge in [-0.05, 0) is 51.2 Å². The summed E-state index contributed by atoms with van der Waals surface area (Å²) in [4.78, 5) is 18.4. The van der Waals surface area contributed by atoms with Crippen molar-refractivity contribution >= 4 is 34.0 Å². The molecule has 0 aliphatic carbocycles. The third-order valence-electron chi connectivity index (χ3n) is 6.53. The largest absolute Gasteiger partial charge is 0.494 e. The Balaban J connectivity index is 1.45. The average molecular weight is 473 g/mol. The predicted molar refractivity (Wildman–Crippen MR) is 141 cm³/mol. The molecule has 0 saturated carbocycles.